The highest BCUT2D eigenvalue weighted by molar-refractivity contribution is 8.17. The zero-order valence-electron chi connectivity index (χ0n) is 11.0. The van der Waals surface area contributed by atoms with E-state index in [1.54, 1.807) is 29.2 Å². The van der Waals surface area contributed by atoms with Gasteiger partial charge in [-0.15, -0.1) is 11.3 Å². The Labute approximate surface area is 125 Å². The van der Waals surface area contributed by atoms with E-state index in [-0.39, 0.29) is 5.82 Å². The van der Waals surface area contributed by atoms with Gasteiger partial charge in [-0.25, -0.2) is 4.39 Å². The van der Waals surface area contributed by atoms with Gasteiger partial charge in [0.25, 0.3) is 0 Å². The molecule has 5 heteroatoms. The van der Waals surface area contributed by atoms with Gasteiger partial charge in [0.05, 0.1) is 12.2 Å². The van der Waals surface area contributed by atoms with E-state index < -0.39 is 0 Å². The summed E-state index contributed by atoms with van der Waals surface area (Å²) >= 11 is 3.32. The quantitative estimate of drug-likeness (QED) is 0.809. The number of benzene rings is 1. The molecular formula is C15H13FN2S2. The predicted molar refractivity (Wildman–Crippen MR) is 85.6 cm³/mol. The third kappa shape index (κ3) is 1.73. The second-order valence-corrected chi connectivity index (χ2v) is 6.84. The van der Waals surface area contributed by atoms with Crippen LogP contribution >= 0.6 is 23.1 Å². The van der Waals surface area contributed by atoms with Crippen LogP contribution in [-0.4, -0.2) is 23.2 Å². The second-order valence-electron chi connectivity index (χ2n) is 4.83. The van der Waals surface area contributed by atoms with E-state index in [2.05, 4.69) is 22.9 Å². The van der Waals surface area contributed by atoms with Gasteiger partial charge >= 0.3 is 0 Å². The SMILES string of the molecule is CCC1=C(c2cc(F)c3ccsc3c2)N2CCN=C2S1. The molecule has 0 fully saturated rings. The molecule has 0 saturated carbocycles. The van der Waals surface area contributed by atoms with Crippen LogP contribution in [0.1, 0.15) is 18.9 Å². The van der Waals surface area contributed by atoms with E-state index in [1.807, 2.05) is 11.4 Å². The number of fused-ring (bicyclic) bond motifs is 2. The largest absolute Gasteiger partial charge is 0.318 e. The molecule has 0 saturated heterocycles. The minimum Gasteiger partial charge on any atom is -0.318 e. The van der Waals surface area contributed by atoms with Gasteiger partial charge in [-0.2, -0.15) is 0 Å². The summed E-state index contributed by atoms with van der Waals surface area (Å²) in [6.07, 6.45) is 0.958. The lowest BCUT2D eigenvalue weighted by Crippen LogP contribution is -2.20. The number of amidine groups is 1. The minimum atomic E-state index is -0.128. The predicted octanol–water partition coefficient (Wildman–Crippen LogP) is 4.54. The van der Waals surface area contributed by atoms with Crippen molar-refractivity contribution in [1.29, 1.82) is 0 Å². The van der Waals surface area contributed by atoms with E-state index in [9.17, 15) is 4.39 Å². The first-order valence-electron chi connectivity index (χ1n) is 6.68. The summed E-state index contributed by atoms with van der Waals surface area (Å²) in [5, 5.41) is 3.74. The lowest BCUT2D eigenvalue weighted by molar-refractivity contribution is 0.631. The van der Waals surface area contributed by atoms with Crippen molar-refractivity contribution in [3.05, 3.63) is 39.9 Å². The molecule has 1 aromatic carbocycles. The minimum absolute atomic E-state index is 0.128. The van der Waals surface area contributed by atoms with Gasteiger partial charge in [0.15, 0.2) is 5.17 Å². The van der Waals surface area contributed by atoms with Gasteiger partial charge in [-0.3, -0.25) is 4.99 Å². The van der Waals surface area contributed by atoms with E-state index in [4.69, 9.17) is 0 Å². The lowest BCUT2D eigenvalue weighted by Gasteiger charge is -2.17. The van der Waals surface area contributed by atoms with Crippen molar-refractivity contribution in [2.24, 2.45) is 4.99 Å². The highest BCUT2D eigenvalue weighted by Crippen LogP contribution is 2.44. The molecule has 2 nitrogen and oxygen atoms in total. The molecule has 3 heterocycles. The highest BCUT2D eigenvalue weighted by Gasteiger charge is 2.32. The number of aliphatic imine (C=N–C) groups is 1. The first kappa shape index (κ1) is 12.4. The normalized spacial score (nSPS) is 18.1. The Morgan fingerprint density at radius 3 is 3.15 bits per heavy atom. The average Bonchev–Trinajstić information content (AvgIpc) is 3.12. The van der Waals surface area contributed by atoms with Crippen molar-refractivity contribution in [2.45, 2.75) is 13.3 Å². The number of thioether (sulfide) groups is 1. The van der Waals surface area contributed by atoms with Gasteiger partial charge in [0.1, 0.15) is 5.82 Å². The van der Waals surface area contributed by atoms with Gasteiger partial charge < -0.3 is 4.90 Å². The Morgan fingerprint density at radius 2 is 2.30 bits per heavy atom. The van der Waals surface area contributed by atoms with Crippen LogP contribution in [0.25, 0.3) is 15.8 Å². The summed E-state index contributed by atoms with van der Waals surface area (Å²) in [6.45, 7) is 3.89. The molecule has 20 heavy (non-hydrogen) atoms. The zero-order valence-corrected chi connectivity index (χ0v) is 12.7. The Bertz CT molecular complexity index is 760. The third-order valence-electron chi connectivity index (χ3n) is 3.67. The third-order valence-corrected chi connectivity index (χ3v) is 5.79. The van der Waals surface area contributed by atoms with Gasteiger partial charge in [0.2, 0.25) is 0 Å². The topological polar surface area (TPSA) is 15.6 Å². The van der Waals surface area contributed by atoms with Crippen molar-refractivity contribution < 1.29 is 4.39 Å². The van der Waals surface area contributed by atoms with Crippen LogP contribution in [0, 0.1) is 5.82 Å². The van der Waals surface area contributed by atoms with Crippen molar-refractivity contribution in [1.82, 2.24) is 4.90 Å². The van der Waals surface area contributed by atoms with Crippen LogP contribution in [0.5, 0.6) is 0 Å². The van der Waals surface area contributed by atoms with Crippen LogP contribution in [0.4, 0.5) is 4.39 Å². The van der Waals surface area contributed by atoms with Crippen LogP contribution in [0.2, 0.25) is 0 Å². The monoisotopic (exact) mass is 304 g/mol. The standard InChI is InChI=1S/C15H13FN2S2/c1-2-12-14(18-5-4-17-15(18)20-12)9-7-11(16)10-3-6-19-13(10)8-9/h3,6-8H,2,4-5H2,1H3. The fraction of sp³-hybridized carbons (Fsp3) is 0.267. The summed E-state index contributed by atoms with van der Waals surface area (Å²) in [5.41, 5.74) is 2.14. The van der Waals surface area contributed by atoms with Crippen molar-refractivity contribution in [2.75, 3.05) is 13.1 Å². The van der Waals surface area contributed by atoms with Crippen LogP contribution in [-0.2, 0) is 0 Å². The summed E-state index contributed by atoms with van der Waals surface area (Å²) in [7, 11) is 0. The molecule has 4 rings (SSSR count). The van der Waals surface area contributed by atoms with Gasteiger partial charge in [0, 0.05) is 27.1 Å². The van der Waals surface area contributed by atoms with Crippen LogP contribution in [0.15, 0.2) is 33.5 Å². The molecule has 2 aliphatic heterocycles. The second kappa shape index (κ2) is 4.60. The summed E-state index contributed by atoms with van der Waals surface area (Å²) in [5.74, 6) is -0.128. The maximum Gasteiger partial charge on any atom is 0.168 e. The van der Waals surface area contributed by atoms with E-state index in [1.165, 1.54) is 4.91 Å². The molecule has 2 aliphatic rings. The van der Waals surface area contributed by atoms with Crippen LogP contribution in [0.3, 0.4) is 0 Å². The Morgan fingerprint density at radius 1 is 1.40 bits per heavy atom. The first-order valence-corrected chi connectivity index (χ1v) is 8.37. The number of halogens is 1. The number of hydrogen-bond acceptors (Lipinski definition) is 4. The molecule has 102 valence electrons. The Balaban J connectivity index is 1.90. The molecule has 1 aromatic heterocycles. The highest BCUT2D eigenvalue weighted by atomic mass is 32.2. The fourth-order valence-electron chi connectivity index (χ4n) is 2.75. The number of rotatable bonds is 2. The summed E-state index contributed by atoms with van der Waals surface area (Å²) in [4.78, 5) is 8.04. The molecular weight excluding hydrogens is 291 g/mol. The molecule has 0 spiro atoms. The number of hydrogen-bond donors (Lipinski definition) is 0. The van der Waals surface area contributed by atoms with Gasteiger partial charge in [-0.05, 0) is 30.0 Å². The zero-order chi connectivity index (χ0) is 13.7. The maximum absolute atomic E-state index is 14.2. The maximum atomic E-state index is 14.2. The molecule has 0 aliphatic carbocycles. The first-order chi connectivity index (χ1) is 9.78. The molecule has 0 radical (unpaired) electrons. The van der Waals surface area contributed by atoms with Crippen molar-refractivity contribution >= 4 is 44.0 Å². The molecule has 0 unspecified atom stereocenters. The molecule has 0 amide bonds. The molecule has 0 atom stereocenters. The number of allylic oxidation sites excluding steroid dienone is 1. The molecule has 0 N–H and O–H groups in total. The van der Waals surface area contributed by atoms with E-state index >= 15 is 0 Å². The summed E-state index contributed by atoms with van der Waals surface area (Å²) < 4.78 is 15.2. The lowest BCUT2D eigenvalue weighted by atomic mass is 10.1. The van der Waals surface area contributed by atoms with E-state index in [0.717, 1.165) is 46.0 Å². The van der Waals surface area contributed by atoms with Crippen molar-refractivity contribution in [3.8, 4) is 0 Å². The Kier molecular flexibility index (Phi) is 2.86. The Hall–Kier alpha value is -1.33. The van der Waals surface area contributed by atoms with Crippen LogP contribution < -0.4 is 0 Å². The number of nitrogens with zero attached hydrogens (tertiary/aromatic N) is 2. The number of thiophene rings is 1. The average molecular weight is 304 g/mol. The summed E-state index contributed by atoms with van der Waals surface area (Å²) in [6, 6.07) is 5.62. The fourth-order valence-corrected chi connectivity index (χ4v) is 4.73. The molecule has 2 aromatic rings. The van der Waals surface area contributed by atoms with Crippen molar-refractivity contribution in [3.63, 3.8) is 0 Å². The van der Waals surface area contributed by atoms with Gasteiger partial charge in [-0.1, -0.05) is 18.7 Å². The van der Waals surface area contributed by atoms with E-state index in [0.29, 0.717) is 0 Å². The molecule has 0 bridgehead atoms. The smallest absolute Gasteiger partial charge is 0.168 e.